The molecule has 1 saturated carbocycles. The Labute approximate surface area is 95.2 Å². The molecule has 0 amide bonds. The molecule has 1 N–H and O–H groups in total. The highest BCUT2D eigenvalue weighted by Gasteiger charge is 2.28. The van der Waals surface area contributed by atoms with E-state index in [1.54, 1.807) is 0 Å². The van der Waals surface area contributed by atoms with Crippen molar-refractivity contribution in [2.45, 2.75) is 37.8 Å². The van der Waals surface area contributed by atoms with Crippen LogP contribution in [0.15, 0.2) is 0 Å². The first-order chi connectivity index (χ1) is 7.54. The number of hydrogen-bond donors (Lipinski definition) is 1. The Balaban J connectivity index is 1.68. The van der Waals surface area contributed by atoms with Crippen molar-refractivity contribution in [3.8, 4) is 0 Å². The third-order valence-electron chi connectivity index (χ3n) is 2.30. The molecule has 1 aliphatic carbocycles. The number of rotatable bonds is 5. The van der Waals surface area contributed by atoms with Gasteiger partial charge in [-0.1, -0.05) is 0 Å². The summed E-state index contributed by atoms with van der Waals surface area (Å²) in [5, 5.41) is 3.49. The highest BCUT2D eigenvalue weighted by Crippen LogP contribution is 2.39. The summed E-state index contributed by atoms with van der Waals surface area (Å²) in [5.41, 5.74) is 0. The smallest absolute Gasteiger partial charge is 0.360 e. The lowest BCUT2D eigenvalue weighted by Gasteiger charge is -2.05. The average Bonchev–Trinajstić information content (AvgIpc) is 2.93. The van der Waals surface area contributed by atoms with E-state index in [1.807, 2.05) is 0 Å². The standard InChI is InChI=1S/C9H12F3N3S/c10-9(11,12)4-1-5-13-8-14-7(15-16-8)6-2-3-6/h6H,1-5H2,(H,13,14,15). The second-order valence-corrected chi connectivity index (χ2v) is 4.63. The van der Waals surface area contributed by atoms with Gasteiger partial charge in [0.1, 0.15) is 5.82 Å². The van der Waals surface area contributed by atoms with Gasteiger partial charge < -0.3 is 5.32 Å². The Bertz CT molecular complexity index is 346. The van der Waals surface area contributed by atoms with E-state index in [0.29, 0.717) is 17.6 Å². The number of nitrogens with one attached hydrogen (secondary N) is 1. The maximum atomic E-state index is 11.8. The second-order valence-electron chi connectivity index (χ2n) is 3.88. The molecule has 0 aromatic carbocycles. The molecule has 1 fully saturated rings. The molecule has 0 radical (unpaired) electrons. The zero-order valence-corrected chi connectivity index (χ0v) is 9.37. The van der Waals surface area contributed by atoms with Gasteiger partial charge in [-0.15, -0.1) is 0 Å². The quantitative estimate of drug-likeness (QED) is 0.817. The molecule has 1 aromatic rings. The van der Waals surface area contributed by atoms with Gasteiger partial charge in [0, 0.05) is 30.4 Å². The fourth-order valence-corrected chi connectivity index (χ4v) is 1.97. The molecule has 1 heterocycles. The number of halogens is 3. The molecule has 0 aliphatic heterocycles. The van der Waals surface area contributed by atoms with E-state index in [2.05, 4.69) is 14.7 Å². The van der Waals surface area contributed by atoms with Crippen LogP contribution >= 0.6 is 11.5 Å². The lowest BCUT2D eigenvalue weighted by atomic mass is 10.3. The number of aromatic nitrogens is 2. The van der Waals surface area contributed by atoms with E-state index in [-0.39, 0.29) is 6.42 Å². The highest BCUT2D eigenvalue weighted by atomic mass is 32.1. The Kier molecular flexibility index (Phi) is 3.32. The summed E-state index contributed by atoms with van der Waals surface area (Å²) in [6.45, 7) is 0.290. The molecule has 0 atom stereocenters. The Hall–Kier alpha value is -0.850. The Morgan fingerprint density at radius 2 is 2.12 bits per heavy atom. The summed E-state index contributed by atoms with van der Waals surface area (Å²) in [4.78, 5) is 4.22. The van der Waals surface area contributed by atoms with Crippen LogP contribution in [0.5, 0.6) is 0 Å². The largest absolute Gasteiger partial charge is 0.389 e. The van der Waals surface area contributed by atoms with Crippen molar-refractivity contribution in [1.29, 1.82) is 0 Å². The molecule has 0 bridgehead atoms. The van der Waals surface area contributed by atoms with Crippen LogP contribution < -0.4 is 5.32 Å². The molecule has 2 rings (SSSR count). The first-order valence-corrected chi connectivity index (χ1v) is 5.96. The predicted octanol–water partition coefficient (Wildman–Crippen LogP) is 3.17. The first kappa shape index (κ1) is 11.6. The van der Waals surface area contributed by atoms with Gasteiger partial charge in [-0.25, -0.2) is 4.98 Å². The number of nitrogens with zero attached hydrogens (tertiary/aromatic N) is 2. The number of alkyl halides is 3. The topological polar surface area (TPSA) is 37.8 Å². The number of anilines is 1. The van der Waals surface area contributed by atoms with Crippen LogP contribution in [-0.4, -0.2) is 22.1 Å². The van der Waals surface area contributed by atoms with Gasteiger partial charge in [0.05, 0.1) is 0 Å². The lowest BCUT2D eigenvalue weighted by molar-refractivity contribution is -0.134. The van der Waals surface area contributed by atoms with Crippen molar-refractivity contribution in [1.82, 2.24) is 9.36 Å². The molecule has 1 aliphatic rings. The molecular formula is C9H12F3N3S. The van der Waals surface area contributed by atoms with E-state index in [4.69, 9.17) is 0 Å². The van der Waals surface area contributed by atoms with Gasteiger partial charge in [-0.05, 0) is 19.3 Å². The van der Waals surface area contributed by atoms with Crippen molar-refractivity contribution in [3.63, 3.8) is 0 Å². The van der Waals surface area contributed by atoms with Gasteiger partial charge in [0.15, 0.2) is 0 Å². The van der Waals surface area contributed by atoms with E-state index in [1.165, 1.54) is 11.5 Å². The minimum absolute atomic E-state index is 0.0713. The van der Waals surface area contributed by atoms with Crippen LogP contribution in [0, 0.1) is 0 Å². The van der Waals surface area contributed by atoms with Crippen LogP contribution in [0.1, 0.15) is 37.4 Å². The molecule has 0 unspecified atom stereocenters. The van der Waals surface area contributed by atoms with Crippen molar-refractivity contribution in [2.75, 3.05) is 11.9 Å². The SMILES string of the molecule is FC(F)(F)CCCNc1nc(C2CC2)ns1. The van der Waals surface area contributed by atoms with Gasteiger partial charge in [0.25, 0.3) is 0 Å². The third kappa shape index (κ3) is 3.62. The van der Waals surface area contributed by atoms with Crippen LogP contribution in [0.3, 0.4) is 0 Å². The first-order valence-electron chi connectivity index (χ1n) is 5.19. The molecule has 16 heavy (non-hydrogen) atoms. The maximum absolute atomic E-state index is 11.8. The predicted molar refractivity (Wildman–Crippen MR) is 55.7 cm³/mol. The van der Waals surface area contributed by atoms with Crippen LogP contribution in [0.25, 0.3) is 0 Å². The monoisotopic (exact) mass is 251 g/mol. The van der Waals surface area contributed by atoms with Gasteiger partial charge in [0.2, 0.25) is 5.13 Å². The summed E-state index contributed by atoms with van der Waals surface area (Å²) in [6, 6.07) is 0. The van der Waals surface area contributed by atoms with E-state index >= 15 is 0 Å². The van der Waals surface area contributed by atoms with Crippen molar-refractivity contribution >= 4 is 16.7 Å². The fraction of sp³-hybridized carbons (Fsp3) is 0.778. The minimum atomic E-state index is -4.07. The summed E-state index contributed by atoms with van der Waals surface area (Å²) in [7, 11) is 0. The molecule has 90 valence electrons. The Morgan fingerprint density at radius 1 is 1.38 bits per heavy atom. The summed E-state index contributed by atoms with van der Waals surface area (Å²) >= 11 is 1.22. The fourth-order valence-electron chi connectivity index (χ4n) is 1.30. The zero-order valence-electron chi connectivity index (χ0n) is 8.55. The lowest BCUT2D eigenvalue weighted by Crippen LogP contribution is -2.10. The van der Waals surface area contributed by atoms with Crippen molar-refractivity contribution in [3.05, 3.63) is 5.82 Å². The number of hydrogen-bond acceptors (Lipinski definition) is 4. The van der Waals surface area contributed by atoms with Gasteiger partial charge in [-0.2, -0.15) is 17.5 Å². The zero-order chi connectivity index (χ0) is 11.6. The molecule has 0 spiro atoms. The maximum Gasteiger partial charge on any atom is 0.389 e. The molecule has 3 nitrogen and oxygen atoms in total. The summed E-state index contributed by atoms with van der Waals surface area (Å²) < 4.78 is 39.7. The molecule has 0 saturated heterocycles. The summed E-state index contributed by atoms with van der Waals surface area (Å²) in [5.74, 6) is 1.32. The van der Waals surface area contributed by atoms with Crippen LogP contribution in [0.2, 0.25) is 0 Å². The van der Waals surface area contributed by atoms with Crippen LogP contribution in [-0.2, 0) is 0 Å². The third-order valence-corrected chi connectivity index (χ3v) is 2.98. The average molecular weight is 251 g/mol. The normalized spacial score (nSPS) is 16.4. The van der Waals surface area contributed by atoms with E-state index in [9.17, 15) is 13.2 Å². The molecular weight excluding hydrogens is 239 g/mol. The Morgan fingerprint density at radius 3 is 2.75 bits per heavy atom. The summed E-state index contributed by atoms with van der Waals surface area (Å²) in [6.07, 6.45) is -2.49. The van der Waals surface area contributed by atoms with Gasteiger partial charge in [-0.3, -0.25) is 0 Å². The van der Waals surface area contributed by atoms with Crippen LogP contribution in [0.4, 0.5) is 18.3 Å². The highest BCUT2D eigenvalue weighted by molar-refractivity contribution is 7.09. The van der Waals surface area contributed by atoms with E-state index in [0.717, 1.165) is 18.7 Å². The minimum Gasteiger partial charge on any atom is -0.360 e. The molecule has 7 heteroatoms. The molecule has 1 aromatic heterocycles. The van der Waals surface area contributed by atoms with Gasteiger partial charge >= 0.3 is 6.18 Å². The van der Waals surface area contributed by atoms with E-state index < -0.39 is 12.6 Å². The van der Waals surface area contributed by atoms with Crippen molar-refractivity contribution < 1.29 is 13.2 Å². The van der Waals surface area contributed by atoms with Crippen molar-refractivity contribution in [2.24, 2.45) is 0 Å². The second kappa shape index (κ2) is 4.57.